The molecule has 1 heterocycles. The maximum Gasteiger partial charge on any atom is 0.234 e. The number of amides is 1. The van der Waals surface area contributed by atoms with Gasteiger partial charge in [0.2, 0.25) is 5.91 Å². The van der Waals surface area contributed by atoms with Gasteiger partial charge < -0.3 is 10.1 Å². The zero-order chi connectivity index (χ0) is 23.9. The van der Waals surface area contributed by atoms with E-state index in [2.05, 4.69) is 10.3 Å². The van der Waals surface area contributed by atoms with E-state index in [4.69, 9.17) is 4.74 Å². The molecule has 1 amide bonds. The van der Waals surface area contributed by atoms with Gasteiger partial charge in [-0.05, 0) is 48.9 Å². The molecule has 0 saturated heterocycles. The van der Waals surface area contributed by atoms with Gasteiger partial charge in [0.05, 0.1) is 11.4 Å². The lowest BCUT2D eigenvalue weighted by Crippen LogP contribution is -2.15. The number of nitrogens with zero attached hydrogens (tertiary/aromatic N) is 2. The van der Waals surface area contributed by atoms with Crippen molar-refractivity contribution >= 4 is 29.1 Å². The second-order valence-corrected chi connectivity index (χ2v) is 8.63. The average Bonchev–Trinajstić information content (AvgIpc) is 3.20. The molecule has 0 aliphatic carbocycles. The minimum atomic E-state index is -0.160. The van der Waals surface area contributed by atoms with E-state index in [1.165, 1.54) is 18.7 Å². The Morgan fingerprint density at radius 3 is 2.24 bits per heavy atom. The van der Waals surface area contributed by atoms with Crippen LogP contribution in [0.3, 0.4) is 0 Å². The van der Waals surface area contributed by atoms with E-state index in [1.54, 1.807) is 0 Å². The Labute approximate surface area is 203 Å². The Balaban J connectivity index is 1.38. The van der Waals surface area contributed by atoms with Gasteiger partial charge in [0.15, 0.2) is 10.9 Å². The molecule has 4 rings (SSSR count). The van der Waals surface area contributed by atoms with Crippen molar-refractivity contribution < 1.29 is 14.3 Å². The molecule has 0 aliphatic heterocycles. The van der Waals surface area contributed by atoms with Gasteiger partial charge in [0.25, 0.3) is 0 Å². The number of benzene rings is 3. The molecule has 4 aromatic rings. The lowest BCUT2D eigenvalue weighted by atomic mass is 10.2. The molecule has 7 heteroatoms. The summed E-state index contributed by atoms with van der Waals surface area (Å²) in [6.07, 6.45) is 0. The highest BCUT2D eigenvalue weighted by atomic mass is 32.2. The van der Waals surface area contributed by atoms with Crippen molar-refractivity contribution in [3.8, 4) is 11.4 Å². The third-order valence-corrected chi connectivity index (χ3v) is 6.03. The predicted molar refractivity (Wildman–Crippen MR) is 135 cm³/mol. The number of rotatable bonds is 9. The van der Waals surface area contributed by atoms with E-state index >= 15 is 0 Å². The maximum absolute atomic E-state index is 12.6. The number of Topliss-reactive ketones (excluding diaryl/α,β-unsaturated/α-hetero) is 1. The zero-order valence-electron chi connectivity index (χ0n) is 19.0. The fourth-order valence-electron chi connectivity index (χ4n) is 3.53. The van der Waals surface area contributed by atoms with Crippen LogP contribution in [-0.4, -0.2) is 27.0 Å². The lowest BCUT2D eigenvalue weighted by Gasteiger charge is -2.11. The third-order valence-electron chi connectivity index (χ3n) is 5.09. The SMILES string of the molecule is CC(=O)c1c(C)nc(SCC(=O)Nc2ccc(OCc3ccccc3)cc2)n1-c1ccccc1. The van der Waals surface area contributed by atoms with Gasteiger partial charge in [-0.15, -0.1) is 0 Å². The second kappa shape index (κ2) is 10.9. The molecule has 0 bridgehead atoms. The topological polar surface area (TPSA) is 73.2 Å². The molecule has 6 nitrogen and oxygen atoms in total. The number of aromatic nitrogens is 2. The minimum Gasteiger partial charge on any atom is -0.489 e. The van der Waals surface area contributed by atoms with E-state index in [0.717, 1.165) is 17.0 Å². The highest BCUT2D eigenvalue weighted by Crippen LogP contribution is 2.26. The molecular formula is C27H25N3O3S. The van der Waals surface area contributed by atoms with Gasteiger partial charge >= 0.3 is 0 Å². The van der Waals surface area contributed by atoms with E-state index in [0.29, 0.717) is 28.8 Å². The molecule has 0 aliphatic rings. The van der Waals surface area contributed by atoms with E-state index in [1.807, 2.05) is 96.4 Å². The van der Waals surface area contributed by atoms with Crippen LogP contribution in [0.5, 0.6) is 5.75 Å². The number of anilines is 1. The van der Waals surface area contributed by atoms with Crippen LogP contribution in [0.15, 0.2) is 90.1 Å². The number of ketones is 1. The van der Waals surface area contributed by atoms with Crippen LogP contribution in [0.1, 0.15) is 28.7 Å². The van der Waals surface area contributed by atoms with Crippen molar-refractivity contribution in [2.75, 3.05) is 11.1 Å². The molecule has 172 valence electrons. The number of carbonyl (C=O) groups is 2. The lowest BCUT2D eigenvalue weighted by molar-refractivity contribution is -0.113. The molecule has 0 unspecified atom stereocenters. The van der Waals surface area contributed by atoms with Crippen molar-refractivity contribution in [1.82, 2.24) is 9.55 Å². The highest BCUT2D eigenvalue weighted by Gasteiger charge is 2.20. The number of hydrogen-bond acceptors (Lipinski definition) is 5. The van der Waals surface area contributed by atoms with Crippen LogP contribution >= 0.6 is 11.8 Å². The quantitative estimate of drug-likeness (QED) is 0.251. The van der Waals surface area contributed by atoms with Crippen LogP contribution in [-0.2, 0) is 11.4 Å². The summed E-state index contributed by atoms with van der Waals surface area (Å²) in [6.45, 7) is 3.82. The average molecular weight is 472 g/mol. The number of carbonyl (C=O) groups excluding carboxylic acids is 2. The largest absolute Gasteiger partial charge is 0.489 e. The first-order valence-electron chi connectivity index (χ1n) is 10.9. The Morgan fingerprint density at radius 1 is 0.941 bits per heavy atom. The van der Waals surface area contributed by atoms with Gasteiger partial charge in [0, 0.05) is 18.3 Å². The molecular weight excluding hydrogens is 446 g/mol. The zero-order valence-corrected chi connectivity index (χ0v) is 19.8. The first kappa shape index (κ1) is 23.3. The fraction of sp³-hybridized carbons (Fsp3) is 0.148. The standard InChI is InChI=1S/C27H25N3O3S/c1-19-26(20(2)31)30(23-11-7-4-8-12-23)27(28-19)34-18-25(32)29-22-13-15-24(16-14-22)33-17-21-9-5-3-6-10-21/h3-16H,17-18H2,1-2H3,(H,29,32). The van der Waals surface area contributed by atoms with Crippen molar-refractivity contribution in [3.63, 3.8) is 0 Å². The molecule has 0 saturated carbocycles. The molecule has 34 heavy (non-hydrogen) atoms. The summed E-state index contributed by atoms with van der Waals surface area (Å²) in [4.78, 5) is 29.4. The van der Waals surface area contributed by atoms with Gasteiger partial charge in [-0.25, -0.2) is 4.98 Å². The number of nitrogens with one attached hydrogen (secondary N) is 1. The smallest absolute Gasteiger partial charge is 0.234 e. The van der Waals surface area contributed by atoms with E-state index in [9.17, 15) is 9.59 Å². The summed E-state index contributed by atoms with van der Waals surface area (Å²) in [5.41, 5.74) is 3.78. The highest BCUT2D eigenvalue weighted by molar-refractivity contribution is 7.99. The van der Waals surface area contributed by atoms with Crippen LogP contribution < -0.4 is 10.1 Å². The third kappa shape index (κ3) is 5.74. The summed E-state index contributed by atoms with van der Waals surface area (Å²) in [5.74, 6) is 0.660. The molecule has 1 N–H and O–H groups in total. The Hall–Kier alpha value is -3.84. The first-order chi connectivity index (χ1) is 16.5. The second-order valence-electron chi connectivity index (χ2n) is 7.69. The number of aryl methyl sites for hydroxylation is 1. The van der Waals surface area contributed by atoms with Crippen LogP contribution in [0, 0.1) is 6.92 Å². The summed E-state index contributed by atoms with van der Waals surface area (Å²) in [6, 6.07) is 26.8. The summed E-state index contributed by atoms with van der Waals surface area (Å²) in [7, 11) is 0. The number of thioether (sulfide) groups is 1. The van der Waals surface area contributed by atoms with Crippen molar-refractivity contribution in [2.45, 2.75) is 25.6 Å². The predicted octanol–water partition coefficient (Wildman–Crippen LogP) is 5.69. The van der Waals surface area contributed by atoms with Gasteiger partial charge in [0.1, 0.15) is 18.1 Å². The monoisotopic (exact) mass is 471 g/mol. The molecule has 0 spiro atoms. The van der Waals surface area contributed by atoms with E-state index in [-0.39, 0.29) is 17.4 Å². The molecule has 3 aromatic carbocycles. The Kier molecular flexibility index (Phi) is 7.44. The van der Waals surface area contributed by atoms with Gasteiger partial charge in [-0.2, -0.15) is 0 Å². The normalized spacial score (nSPS) is 10.6. The number of imidazole rings is 1. The van der Waals surface area contributed by atoms with Gasteiger partial charge in [-0.3, -0.25) is 14.2 Å². The molecule has 1 aromatic heterocycles. The molecule has 0 atom stereocenters. The van der Waals surface area contributed by atoms with Crippen molar-refractivity contribution in [1.29, 1.82) is 0 Å². The van der Waals surface area contributed by atoms with Crippen LogP contribution in [0.4, 0.5) is 5.69 Å². The molecule has 0 fully saturated rings. The van der Waals surface area contributed by atoms with E-state index < -0.39 is 0 Å². The first-order valence-corrected chi connectivity index (χ1v) is 11.8. The minimum absolute atomic E-state index is 0.0697. The van der Waals surface area contributed by atoms with Crippen molar-refractivity contribution in [3.05, 3.63) is 102 Å². The summed E-state index contributed by atoms with van der Waals surface area (Å²) < 4.78 is 7.60. The van der Waals surface area contributed by atoms with Crippen LogP contribution in [0.2, 0.25) is 0 Å². The fourth-order valence-corrected chi connectivity index (χ4v) is 4.39. The summed E-state index contributed by atoms with van der Waals surface area (Å²) >= 11 is 1.29. The summed E-state index contributed by atoms with van der Waals surface area (Å²) in [5, 5.41) is 3.50. The maximum atomic E-state index is 12.6. The number of para-hydroxylation sites is 1. The Morgan fingerprint density at radius 2 is 1.59 bits per heavy atom. The molecule has 0 radical (unpaired) electrons. The van der Waals surface area contributed by atoms with Gasteiger partial charge in [-0.1, -0.05) is 60.3 Å². The number of hydrogen-bond donors (Lipinski definition) is 1. The number of ether oxygens (including phenoxy) is 1. The Bertz CT molecular complexity index is 1270. The van der Waals surface area contributed by atoms with Crippen LogP contribution in [0.25, 0.3) is 5.69 Å². The van der Waals surface area contributed by atoms with Crippen molar-refractivity contribution in [2.24, 2.45) is 0 Å².